The van der Waals surface area contributed by atoms with E-state index >= 15 is 0 Å². The molecule has 1 saturated carbocycles. The largest absolute Gasteiger partial charge is 0.460 e. The van der Waals surface area contributed by atoms with E-state index in [0.717, 1.165) is 6.42 Å². The third-order valence-corrected chi connectivity index (χ3v) is 5.67. The van der Waals surface area contributed by atoms with Gasteiger partial charge >= 0.3 is 24.0 Å². The molecule has 0 radical (unpaired) electrons. The number of nitrogens with zero attached hydrogens (tertiary/aromatic N) is 1. The van der Waals surface area contributed by atoms with E-state index in [1.165, 1.54) is 0 Å². The molecule has 0 aromatic rings. The molecule has 0 spiro atoms. The Morgan fingerprint density at radius 1 is 1.00 bits per heavy atom. The number of carbonyl (C=O) groups excluding carboxylic acids is 1. The van der Waals surface area contributed by atoms with E-state index in [9.17, 15) is 35.5 Å². The lowest BCUT2D eigenvalue weighted by molar-refractivity contribution is -0.349. The molecule has 0 N–H and O–H groups in total. The van der Waals surface area contributed by atoms with Gasteiger partial charge in [0.1, 0.15) is 6.10 Å². The first-order valence-electron chi connectivity index (χ1n) is 8.45. The van der Waals surface area contributed by atoms with Crippen molar-refractivity contribution >= 4 is 5.97 Å². The third kappa shape index (κ3) is 3.53. The molecule has 152 valence electrons. The van der Waals surface area contributed by atoms with Crippen molar-refractivity contribution in [1.29, 1.82) is 0 Å². The van der Waals surface area contributed by atoms with Crippen molar-refractivity contribution in [2.24, 2.45) is 11.8 Å². The van der Waals surface area contributed by atoms with Gasteiger partial charge in [-0.1, -0.05) is 13.3 Å². The number of esters is 1. The first-order chi connectivity index (χ1) is 11.7. The summed E-state index contributed by atoms with van der Waals surface area (Å²) in [6, 6.07) is -0.284. The molecule has 1 aliphatic carbocycles. The van der Waals surface area contributed by atoms with Crippen LogP contribution in [0.2, 0.25) is 0 Å². The van der Waals surface area contributed by atoms with E-state index in [4.69, 9.17) is 0 Å². The molecule has 0 aromatic carbocycles. The predicted octanol–water partition coefficient (Wildman–Crippen LogP) is 4.26. The normalized spacial score (nSPS) is 34.3. The minimum atomic E-state index is -6.56. The van der Waals surface area contributed by atoms with E-state index in [-0.39, 0.29) is 24.4 Å². The van der Waals surface area contributed by atoms with Crippen LogP contribution in [0.4, 0.5) is 30.7 Å². The lowest BCUT2D eigenvalue weighted by Crippen LogP contribution is -2.60. The van der Waals surface area contributed by atoms with Crippen LogP contribution < -0.4 is 0 Å². The van der Waals surface area contributed by atoms with Gasteiger partial charge in [-0.2, -0.15) is 30.7 Å². The second-order valence-corrected chi connectivity index (χ2v) is 7.49. The number of hydrogen-bond donors (Lipinski definition) is 0. The Hall–Kier alpha value is -1.06. The monoisotopic (exact) mass is 393 g/mol. The predicted molar refractivity (Wildman–Crippen MR) is 78.0 cm³/mol. The molecule has 5 atom stereocenters. The van der Waals surface area contributed by atoms with E-state index < -0.39 is 30.1 Å². The van der Waals surface area contributed by atoms with Gasteiger partial charge in [0.15, 0.2) is 0 Å². The number of hydrogen-bond acceptors (Lipinski definition) is 3. The zero-order chi connectivity index (χ0) is 20.1. The molecule has 5 unspecified atom stereocenters. The summed E-state index contributed by atoms with van der Waals surface area (Å²) in [5, 5.41) is 0. The van der Waals surface area contributed by atoms with Crippen molar-refractivity contribution in [2.75, 3.05) is 7.05 Å². The van der Waals surface area contributed by atoms with Crippen molar-refractivity contribution < 1.29 is 40.3 Å². The molecule has 3 nitrogen and oxygen atoms in total. The minimum absolute atomic E-state index is 0.1000. The number of carbonyl (C=O) groups is 1. The summed E-state index contributed by atoms with van der Waals surface area (Å²) in [5.41, 5.74) is 0. The van der Waals surface area contributed by atoms with E-state index in [0.29, 0.717) is 18.8 Å². The van der Waals surface area contributed by atoms with Crippen molar-refractivity contribution in [3.8, 4) is 0 Å². The average molecular weight is 393 g/mol. The Morgan fingerprint density at radius 2 is 1.58 bits per heavy atom. The molecule has 0 bridgehead atoms. The second kappa shape index (κ2) is 6.83. The fourth-order valence-electron chi connectivity index (χ4n) is 3.93. The highest BCUT2D eigenvalue weighted by atomic mass is 19.4. The summed E-state index contributed by atoms with van der Waals surface area (Å²) in [5.74, 6) is -15.3. The van der Waals surface area contributed by atoms with Gasteiger partial charge < -0.3 is 9.64 Å². The van der Waals surface area contributed by atoms with Gasteiger partial charge in [-0.25, -0.2) is 4.79 Å². The zero-order valence-electron chi connectivity index (χ0n) is 14.6. The van der Waals surface area contributed by atoms with Gasteiger partial charge in [0.25, 0.3) is 0 Å². The first-order valence-corrected chi connectivity index (χ1v) is 8.45. The standard InChI is InChI=1S/C16H22F7NO2/c1-8-4-5-10-11(6-8)24(3)9(2)7-12(10)26-13(25)14(17,18)15(19,20)16(21,22)23/h8-12H,4-7H2,1-3H3. The molecule has 2 aliphatic rings. The van der Waals surface area contributed by atoms with Gasteiger partial charge in [0.2, 0.25) is 0 Å². The molecule has 26 heavy (non-hydrogen) atoms. The smallest absolute Gasteiger partial charge is 0.457 e. The molecule has 1 aliphatic heterocycles. The molecule has 10 heteroatoms. The lowest BCUT2D eigenvalue weighted by Gasteiger charge is -2.50. The van der Waals surface area contributed by atoms with Gasteiger partial charge in [-0.05, 0) is 32.7 Å². The highest BCUT2D eigenvalue weighted by Crippen LogP contribution is 2.48. The van der Waals surface area contributed by atoms with Crippen molar-refractivity contribution in [2.45, 2.75) is 75.7 Å². The van der Waals surface area contributed by atoms with Gasteiger partial charge in [0, 0.05) is 24.4 Å². The fraction of sp³-hybridized carbons (Fsp3) is 0.938. The number of likely N-dealkylation sites (tertiary alicyclic amines) is 1. The van der Waals surface area contributed by atoms with Crippen LogP contribution in [0.25, 0.3) is 0 Å². The maximum atomic E-state index is 13.6. The Balaban J connectivity index is 2.19. The summed E-state index contributed by atoms with van der Waals surface area (Å²) >= 11 is 0. The van der Waals surface area contributed by atoms with E-state index in [2.05, 4.69) is 4.74 Å². The topological polar surface area (TPSA) is 29.5 Å². The van der Waals surface area contributed by atoms with Crippen LogP contribution in [0.5, 0.6) is 0 Å². The number of fused-ring (bicyclic) bond motifs is 1. The summed E-state index contributed by atoms with van der Waals surface area (Å²) in [6.07, 6.45) is -5.58. The molecule has 0 amide bonds. The Bertz CT molecular complexity index is 537. The summed E-state index contributed by atoms with van der Waals surface area (Å²) < 4.78 is 94.5. The average Bonchev–Trinajstić information content (AvgIpc) is 2.50. The molecule has 1 saturated heterocycles. The van der Waals surface area contributed by atoms with Crippen LogP contribution >= 0.6 is 0 Å². The summed E-state index contributed by atoms with van der Waals surface area (Å²) in [6.45, 7) is 3.78. The van der Waals surface area contributed by atoms with Crippen molar-refractivity contribution in [3.63, 3.8) is 0 Å². The second-order valence-electron chi connectivity index (χ2n) is 7.49. The third-order valence-electron chi connectivity index (χ3n) is 5.67. The highest BCUT2D eigenvalue weighted by Gasteiger charge is 2.77. The van der Waals surface area contributed by atoms with Gasteiger partial charge in [0.05, 0.1) is 0 Å². The maximum Gasteiger partial charge on any atom is 0.460 e. The number of piperidine rings is 1. The van der Waals surface area contributed by atoms with Crippen LogP contribution in [0, 0.1) is 11.8 Å². The fourth-order valence-corrected chi connectivity index (χ4v) is 3.93. The maximum absolute atomic E-state index is 13.6. The van der Waals surface area contributed by atoms with Gasteiger partial charge in [-0.15, -0.1) is 0 Å². The summed E-state index contributed by atoms with van der Waals surface area (Å²) in [4.78, 5) is 13.6. The van der Waals surface area contributed by atoms with Gasteiger partial charge in [-0.3, -0.25) is 0 Å². The van der Waals surface area contributed by atoms with Crippen LogP contribution in [-0.4, -0.2) is 54.1 Å². The van der Waals surface area contributed by atoms with Crippen molar-refractivity contribution in [3.05, 3.63) is 0 Å². The molecule has 0 aromatic heterocycles. The number of halogens is 7. The Morgan fingerprint density at radius 3 is 2.12 bits per heavy atom. The SMILES string of the molecule is CC1CCC2C(OC(=O)C(F)(F)C(F)(F)C(F)(F)F)CC(C)N(C)C2C1. The molecule has 1 heterocycles. The number of ether oxygens (including phenoxy) is 1. The molecule has 2 rings (SSSR count). The van der Waals surface area contributed by atoms with E-state index in [1.54, 1.807) is 6.92 Å². The zero-order valence-corrected chi connectivity index (χ0v) is 14.6. The lowest BCUT2D eigenvalue weighted by atomic mass is 9.71. The molecule has 2 fully saturated rings. The summed E-state index contributed by atoms with van der Waals surface area (Å²) in [7, 11) is 1.84. The minimum Gasteiger partial charge on any atom is -0.457 e. The molecular weight excluding hydrogens is 371 g/mol. The molecular formula is C16H22F7NO2. The first kappa shape index (κ1) is 21.2. The van der Waals surface area contributed by atoms with E-state index in [1.807, 2.05) is 18.9 Å². The number of alkyl halides is 7. The van der Waals surface area contributed by atoms with Crippen LogP contribution in [0.1, 0.15) is 39.5 Å². The Labute approximate surface area is 146 Å². The van der Waals surface area contributed by atoms with Crippen LogP contribution in [0.15, 0.2) is 0 Å². The number of rotatable bonds is 3. The Kier molecular flexibility index (Phi) is 5.58. The van der Waals surface area contributed by atoms with Crippen LogP contribution in [0.3, 0.4) is 0 Å². The highest BCUT2D eigenvalue weighted by molar-refractivity contribution is 5.79. The quantitative estimate of drug-likeness (QED) is 0.530. The van der Waals surface area contributed by atoms with Crippen LogP contribution in [-0.2, 0) is 9.53 Å². The van der Waals surface area contributed by atoms with Crippen molar-refractivity contribution in [1.82, 2.24) is 4.90 Å².